The number of carbonyl (C=O) groups excluding carboxylic acids is 2. The Morgan fingerprint density at radius 3 is 2.26 bits per heavy atom. The van der Waals surface area contributed by atoms with Gasteiger partial charge in [0.25, 0.3) is 0 Å². The molecule has 0 atom stereocenters. The maximum atomic E-state index is 12.6. The Bertz CT molecular complexity index is 1970. The van der Waals surface area contributed by atoms with Crippen LogP contribution in [0.5, 0.6) is 0 Å². The molecule has 50 heavy (non-hydrogen) atoms. The predicted octanol–water partition coefficient (Wildman–Crippen LogP) is 9.47. The predicted molar refractivity (Wildman–Crippen MR) is 202 cm³/mol. The lowest BCUT2D eigenvalue weighted by Crippen LogP contribution is -2.41. The lowest BCUT2D eigenvalue weighted by Gasteiger charge is -2.33. The van der Waals surface area contributed by atoms with Crippen LogP contribution in [0.2, 0.25) is 5.02 Å². The highest BCUT2D eigenvalue weighted by atomic mass is 35.5. The van der Waals surface area contributed by atoms with Gasteiger partial charge in [-0.05, 0) is 121 Å². The number of halogens is 1. The minimum Gasteiger partial charge on any atom is -0.466 e. The average Bonchev–Trinajstić information content (AvgIpc) is 3.64. The van der Waals surface area contributed by atoms with E-state index in [4.69, 9.17) is 31.2 Å². The zero-order valence-electron chi connectivity index (χ0n) is 30.1. The fraction of sp³-hybridized carbons (Fsp3) is 0.436. The first-order valence-corrected chi connectivity index (χ1v) is 18.2. The number of nitrogens with zero attached hydrogens (tertiary/aromatic N) is 3. The van der Waals surface area contributed by atoms with Crippen molar-refractivity contribution >= 4 is 56.1 Å². The van der Waals surface area contributed by atoms with Gasteiger partial charge >= 0.3 is 12.1 Å². The largest absolute Gasteiger partial charge is 0.466 e. The van der Waals surface area contributed by atoms with Gasteiger partial charge in [-0.1, -0.05) is 23.7 Å². The number of fused-ring (bicyclic) bond motifs is 2. The van der Waals surface area contributed by atoms with Gasteiger partial charge in [-0.3, -0.25) is 9.89 Å². The Kier molecular flexibility index (Phi) is 11.2. The number of rotatable bonds is 6. The number of aromatic nitrogens is 3. The number of piperidine rings is 1. The van der Waals surface area contributed by atoms with Gasteiger partial charge in [-0.2, -0.15) is 5.10 Å². The van der Waals surface area contributed by atoms with Crippen LogP contribution in [-0.2, 0) is 20.7 Å². The molecule has 2 N–H and O–H groups in total. The summed E-state index contributed by atoms with van der Waals surface area (Å²) >= 11 is 7.85. The summed E-state index contributed by atoms with van der Waals surface area (Å²) in [5.41, 5.74) is 6.75. The second-order valence-corrected chi connectivity index (χ2v) is 16.1. The number of hydrogen-bond donors (Lipinski definition) is 2. The molecule has 1 fully saturated rings. The molecule has 0 aliphatic carbocycles. The quantitative estimate of drug-likeness (QED) is 0.168. The van der Waals surface area contributed by atoms with Crippen LogP contribution in [0.25, 0.3) is 42.8 Å². The Balaban J connectivity index is 0.000000908. The molecule has 0 saturated carbocycles. The molecule has 1 saturated heterocycles. The SMILES string of the molecule is CC(C)(C)O.CCOC(=O)Cc1c(C)cc2nc(-c3ccc4n[nH]c(C5CCN(C(=O)OC(C)(C)C)CC5)c4c3)sc2c1-c1ccc(Cl)cc1. The summed E-state index contributed by atoms with van der Waals surface area (Å²) in [6.45, 7) is 16.3. The van der Waals surface area contributed by atoms with Crippen LogP contribution in [0.1, 0.15) is 84.0 Å². The number of nitrogens with one attached hydrogen (secondary N) is 1. The van der Waals surface area contributed by atoms with E-state index < -0.39 is 11.2 Å². The summed E-state index contributed by atoms with van der Waals surface area (Å²) < 4.78 is 11.9. The summed E-state index contributed by atoms with van der Waals surface area (Å²) in [5, 5.41) is 19.0. The van der Waals surface area contributed by atoms with Crippen LogP contribution < -0.4 is 0 Å². The van der Waals surface area contributed by atoms with Crippen LogP contribution in [0.15, 0.2) is 48.5 Å². The molecule has 2 aromatic heterocycles. The van der Waals surface area contributed by atoms with Crippen molar-refractivity contribution in [3.05, 3.63) is 70.4 Å². The number of thiazole rings is 1. The molecule has 6 rings (SSSR count). The number of aliphatic hydroxyl groups is 1. The molecule has 266 valence electrons. The van der Waals surface area contributed by atoms with Gasteiger partial charge < -0.3 is 19.5 Å². The van der Waals surface area contributed by atoms with Crippen molar-refractivity contribution in [2.24, 2.45) is 0 Å². The van der Waals surface area contributed by atoms with Gasteiger partial charge in [0.2, 0.25) is 0 Å². The summed E-state index contributed by atoms with van der Waals surface area (Å²) in [5.74, 6) is -0.00124. The summed E-state index contributed by atoms with van der Waals surface area (Å²) in [6.07, 6.45) is 1.58. The van der Waals surface area contributed by atoms with Gasteiger partial charge in [0.15, 0.2) is 0 Å². The van der Waals surface area contributed by atoms with Crippen molar-refractivity contribution in [2.45, 2.75) is 91.8 Å². The van der Waals surface area contributed by atoms with Crippen LogP contribution in [0, 0.1) is 6.92 Å². The van der Waals surface area contributed by atoms with Crippen molar-refractivity contribution in [2.75, 3.05) is 19.7 Å². The van der Waals surface area contributed by atoms with E-state index in [1.807, 2.05) is 65.0 Å². The summed E-state index contributed by atoms with van der Waals surface area (Å²) in [7, 11) is 0. The summed E-state index contributed by atoms with van der Waals surface area (Å²) in [6, 6.07) is 16.0. The third kappa shape index (κ3) is 9.21. The Morgan fingerprint density at radius 1 is 1.00 bits per heavy atom. The number of aromatic amines is 1. The molecule has 1 aliphatic heterocycles. The zero-order chi connectivity index (χ0) is 36.4. The maximum absolute atomic E-state index is 12.6. The van der Waals surface area contributed by atoms with Gasteiger partial charge in [-0.15, -0.1) is 11.3 Å². The molecule has 3 heterocycles. The number of likely N-dealkylation sites (tertiary alicyclic amines) is 1. The number of H-pyrrole nitrogens is 1. The number of hydrogen-bond acceptors (Lipinski definition) is 8. The molecule has 5 aromatic rings. The minimum atomic E-state index is -0.513. The van der Waals surface area contributed by atoms with E-state index in [9.17, 15) is 9.59 Å². The molecule has 11 heteroatoms. The Morgan fingerprint density at radius 2 is 1.64 bits per heavy atom. The van der Waals surface area contributed by atoms with Crippen LogP contribution in [-0.4, -0.2) is 68.1 Å². The lowest BCUT2D eigenvalue weighted by atomic mass is 9.91. The van der Waals surface area contributed by atoms with Crippen molar-refractivity contribution in [3.63, 3.8) is 0 Å². The van der Waals surface area contributed by atoms with Crippen LogP contribution in [0.4, 0.5) is 4.79 Å². The van der Waals surface area contributed by atoms with Crippen molar-refractivity contribution in [1.82, 2.24) is 20.1 Å². The smallest absolute Gasteiger partial charge is 0.410 e. The first kappa shape index (κ1) is 37.3. The van der Waals surface area contributed by atoms with E-state index in [0.717, 1.165) is 72.5 Å². The van der Waals surface area contributed by atoms with Gasteiger partial charge in [0.05, 0.1) is 34.4 Å². The van der Waals surface area contributed by atoms with Gasteiger partial charge in [0.1, 0.15) is 10.6 Å². The number of ether oxygens (including phenoxy) is 2. The van der Waals surface area contributed by atoms with Crippen molar-refractivity contribution in [1.29, 1.82) is 0 Å². The third-order valence-electron chi connectivity index (χ3n) is 8.16. The van der Waals surface area contributed by atoms with Crippen molar-refractivity contribution < 1.29 is 24.2 Å². The topological polar surface area (TPSA) is 118 Å². The normalized spacial score (nSPS) is 14.1. The van der Waals surface area contributed by atoms with E-state index in [2.05, 4.69) is 28.4 Å². The molecule has 0 unspecified atom stereocenters. The van der Waals surface area contributed by atoms with E-state index in [0.29, 0.717) is 24.7 Å². The number of carbonyl (C=O) groups is 2. The van der Waals surface area contributed by atoms with E-state index in [1.54, 1.807) is 37.0 Å². The first-order chi connectivity index (χ1) is 23.5. The van der Waals surface area contributed by atoms with Crippen molar-refractivity contribution in [3.8, 4) is 21.7 Å². The highest BCUT2D eigenvalue weighted by molar-refractivity contribution is 7.22. The molecular formula is C39H47ClN4O5S. The monoisotopic (exact) mass is 718 g/mol. The second kappa shape index (κ2) is 15.1. The fourth-order valence-electron chi connectivity index (χ4n) is 6.02. The molecule has 1 amide bonds. The number of aryl methyl sites for hydroxylation is 1. The van der Waals surface area contributed by atoms with E-state index >= 15 is 0 Å². The number of amides is 1. The summed E-state index contributed by atoms with van der Waals surface area (Å²) in [4.78, 5) is 32.1. The van der Waals surface area contributed by atoms with E-state index in [1.165, 1.54) is 0 Å². The fourth-order valence-corrected chi connectivity index (χ4v) is 7.28. The molecule has 0 radical (unpaired) electrons. The standard InChI is InChI=1S/C35H37ClN4O4S.C4H10O/c1-6-43-29(41)19-25-20(2)17-28-32(30(25)21-7-10-24(36)11-8-21)45-33(37-28)23-9-12-27-26(18-23)31(39-38-27)22-13-15-40(16-14-22)34(42)44-35(3,4)5;1-4(2,3)5/h7-12,17-18,22H,6,13-16,19H2,1-5H3,(H,38,39);5H,1-3H3. The highest BCUT2D eigenvalue weighted by Gasteiger charge is 2.29. The van der Waals surface area contributed by atoms with Crippen LogP contribution >= 0.6 is 22.9 Å². The number of esters is 1. The van der Waals surface area contributed by atoms with Gasteiger partial charge in [0, 0.05) is 46.2 Å². The Hall–Kier alpha value is -3.99. The van der Waals surface area contributed by atoms with Gasteiger partial charge in [-0.25, -0.2) is 9.78 Å². The highest BCUT2D eigenvalue weighted by Crippen LogP contribution is 2.42. The molecule has 0 bridgehead atoms. The van der Waals surface area contributed by atoms with Crippen LogP contribution in [0.3, 0.4) is 0 Å². The maximum Gasteiger partial charge on any atom is 0.410 e. The zero-order valence-corrected chi connectivity index (χ0v) is 31.7. The molecule has 1 aliphatic rings. The average molecular weight is 719 g/mol. The molecular weight excluding hydrogens is 672 g/mol. The third-order valence-corrected chi connectivity index (χ3v) is 9.55. The Labute approximate surface area is 303 Å². The second-order valence-electron chi connectivity index (χ2n) is 14.7. The molecule has 0 spiro atoms. The minimum absolute atomic E-state index is 0.178. The molecule has 3 aromatic carbocycles. The number of benzene rings is 3. The molecule has 9 nitrogen and oxygen atoms in total. The lowest BCUT2D eigenvalue weighted by molar-refractivity contribution is -0.142. The van der Waals surface area contributed by atoms with E-state index in [-0.39, 0.29) is 24.4 Å². The first-order valence-electron chi connectivity index (χ1n) is 17.0.